The Kier molecular flexibility index (Phi) is 3.53. The summed E-state index contributed by atoms with van der Waals surface area (Å²) < 4.78 is 0. The van der Waals surface area contributed by atoms with Crippen LogP contribution in [-0.4, -0.2) is 11.9 Å². The molecule has 0 fully saturated rings. The minimum absolute atomic E-state index is 0.00750. The summed E-state index contributed by atoms with van der Waals surface area (Å²) in [4.78, 5) is 13.1. The fourth-order valence-electron chi connectivity index (χ4n) is 1.46. The molecule has 14 heavy (non-hydrogen) atoms. The minimum Gasteiger partial charge on any atom is -0.309 e. The molecule has 3 heteroatoms. The number of hydrogen-bond acceptors (Lipinski definition) is 1. The van der Waals surface area contributed by atoms with Gasteiger partial charge in [-0.05, 0) is 26.0 Å². The lowest BCUT2D eigenvalue weighted by Crippen LogP contribution is -2.35. The molecule has 0 radical (unpaired) electrons. The van der Waals surface area contributed by atoms with Crippen LogP contribution in [0.15, 0.2) is 24.3 Å². The third kappa shape index (κ3) is 2.26. The molecule has 0 saturated carbocycles. The molecule has 1 aromatic carbocycles. The standard InChI is InChI=1S/C11H14ClNO/c1-8(2)13(9(3)14)11-7-5-4-6-10(11)12/h4-8H,1-3H3. The molecule has 0 unspecified atom stereocenters. The van der Waals surface area contributed by atoms with Gasteiger partial charge in [-0.15, -0.1) is 0 Å². The van der Waals surface area contributed by atoms with Crippen LogP contribution in [0.25, 0.3) is 0 Å². The van der Waals surface area contributed by atoms with Gasteiger partial charge in [-0.25, -0.2) is 0 Å². The summed E-state index contributed by atoms with van der Waals surface area (Å²) in [5.41, 5.74) is 0.775. The summed E-state index contributed by atoms with van der Waals surface area (Å²) in [5, 5.41) is 0.608. The summed E-state index contributed by atoms with van der Waals surface area (Å²) in [5.74, 6) is 0.00750. The van der Waals surface area contributed by atoms with E-state index in [1.54, 1.807) is 17.9 Å². The molecule has 0 saturated heterocycles. The van der Waals surface area contributed by atoms with Crippen LogP contribution in [0.4, 0.5) is 5.69 Å². The third-order valence-corrected chi connectivity index (χ3v) is 2.29. The molecule has 0 heterocycles. The monoisotopic (exact) mass is 211 g/mol. The highest BCUT2D eigenvalue weighted by Gasteiger charge is 2.16. The highest BCUT2D eigenvalue weighted by molar-refractivity contribution is 6.33. The van der Waals surface area contributed by atoms with Crippen molar-refractivity contribution in [2.45, 2.75) is 26.8 Å². The van der Waals surface area contributed by atoms with Crippen LogP contribution in [0.1, 0.15) is 20.8 Å². The molecular weight excluding hydrogens is 198 g/mol. The van der Waals surface area contributed by atoms with Crippen LogP contribution in [0, 0.1) is 0 Å². The third-order valence-electron chi connectivity index (χ3n) is 1.97. The highest BCUT2D eigenvalue weighted by atomic mass is 35.5. The first-order chi connectivity index (χ1) is 6.54. The van der Waals surface area contributed by atoms with Crippen molar-refractivity contribution in [2.75, 3.05) is 4.90 Å². The van der Waals surface area contributed by atoms with Crippen molar-refractivity contribution in [3.05, 3.63) is 29.3 Å². The SMILES string of the molecule is CC(=O)N(c1ccccc1Cl)C(C)C. The summed E-state index contributed by atoms with van der Waals surface area (Å²) in [6, 6.07) is 7.48. The van der Waals surface area contributed by atoms with Gasteiger partial charge in [-0.3, -0.25) is 4.79 Å². The fraction of sp³-hybridized carbons (Fsp3) is 0.364. The van der Waals surface area contributed by atoms with E-state index in [0.717, 1.165) is 5.69 Å². The Morgan fingerprint density at radius 3 is 2.36 bits per heavy atom. The van der Waals surface area contributed by atoms with Gasteiger partial charge in [-0.1, -0.05) is 23.7 Å². The predicted molar refractivity (Wildman–Crippen MR) is 59.7 cm³/mol. The molecule has 0 N–H and O–H groups in total. The number of hydrogen-bond donors (Lipinski definition) is 0. The van der Waals surface area contributed by atoms with Gasteiger partial charge in [0.05, 0.1) is 10.7 Å². The lowest BCUT2D eigenvalue weighted by molar-refractivity contribution is -0.116. The molecule has 0 bridgehead atoms. The Bertz CT molecular complexity index is 336. The van der Waals surface area contributed by atoms with Crippen molar-refractivity contribution >= 4 is 23.2 Å². The Morgan fingerprint density at radius 2 is 1.93 bits per heavy atom. The normalized spacial score (nSPS) is 10.4. The Morgan fingerprint density at radius 1 is 1.36 bits per heavy atom. The Labute approximate surface area is 89.5 Å². The number of carbonyl (C=O) groups excluding carboxylic acids is 1. The van der Waals surface area contributed by atoms with Gasteiger partial charge >= 0.3 is 0 Å². The van der Waals surface area contributed by atoms with E-state index < -0.39 is 0 Å². The summed E-state index contributed by atoms with van der Waals surface area (Å²) in [7, 11) is 0. The second-order valence-corrected chi connectivity index (χ2v) is 3.84. The first-order valence-electron chi connectivity index (χ1n) is 4.58. The van der Waals surface area contributed by atoms with E-state index in [-0.39, 0.29) is 11.9 Å². The maximum Gasteiger partial charge on any atom is 0.224 e. The number of amides is 1. The van der Waals surface area contributed by atoms with Crippen molar-refractivity contribution < 1.29 is 4.79 Å². The first kappa shape index (κ1) is 11.1. The molecule has 0 aliphatic carbocycles. The van der Waals surface area contributed by atoms with E-state index in [2.05, 4.69) is 0 Å². The average Bonchev–Trinajstić information content (AvgIpc) is 2.07. The molecule has 0 atom stereocenters. The number of nitrogens with zero attached hydrogens (tertiary/aromatic N) is 1. The quantitative estimate of drug-likeness (QED) is 0.736. The maximum atomic E-state index is 11.4. The van der Waals surface area contributed by atoms with E-state index in [9.17, 15) is 4.79 Å². The van der Waals surface area contributed by atoms with Crippen molar-refractivity contribution in [1.29, 1.82) is 0 Å². The molecule has 1 amide bonds. The van der Waals surface area contributed by atoms with E-state index in [4.69, 9.17) is 11.6 Å². The molecule has 0 spiro atoms. The van der Waals surface area contributed by atoms with Crippen LogP contribution in [0.3, 0.4) is 0 Å². The molecule has 0 aliphatic rings. The van der Waals surface area contributed by atoms with Gasteiger partial charge in [0.15, 0.2) is 0 Å². The number of halogens is 1. The minimum atomic E-state index is 0.00750. The second-order valence-electron chi connectivity index (χ2n) is 3.43. The first-order valence-corrected chi connectivity index (χ1v) is 4.96. The van der Waals surface area contributed by atoms with Gasteiger partial charge in [0.2, 0.25) is 5.91 Å². The fourth-order valence-corrected chi connectivity index (χ4v) is 1.69. The number of benzene rings is 1. The number of rotatable bonds is 2. The smallest absolute Gasteiger partial charge is 0.224 e. The number of para-hydroxylation sites is 1. The maximum absolute atomic E-state index is 11.4. The largest absolute Gasteiger partial charge is 0.309 e. The van der Waals surface area contributed by atoms with Crippen molar-refractivity contribution in [3.8, 4) is 0 Å². The molecular formula is C11H14ClNO. The van der Waals surface area contributed by atoms with Crippen molar-refractivity contribution in [2.24, 2.45) is 0 Å². The van der Waals surface area contributed by atoms with Gasteiger partial charge in [0.25, 0.3) is 0 Å². The van der Waals surface area contributed by atoms with Crippen molar-refractivity contribution in [1.82, 2.24) is 0 Å². The lowest BCUT2D eigenvalue weighted by atomic mass is 10.2. The van der Waals surface area contributed by atoms with Crippen LogP contribution in [0.2, 0.25) is 5.02 Å². The van der Waals surface area contributed by atoms with Crippen LogP contribution in [0.5, 0.6) is 0 Å². The topological polar surface area (TPSA) is 20.3 Å². The predicted octanol–water partition coefficient (Wildman–Crippen LogP) is 3.10. The molecule has 76 valence electrons. The lowest BCUT2D eigenvalue weighted by Gasteiger charge is -2.26. The number of carbonyl (C=O) groups is 1. The second kappa shape index (κ2) is 4.47. The Balaban J connectivity index is 3.12. The molecule has 1 rings (SSSR count). The Hall–Kier alpha value is -1.02. The van der Waals surface area contributed by atoms with Crippen LogP contribution in [-0.2, 0) is 4.79 Å². The summed E-state index contributed by atoms with van der Waals surface area (Å²) in [6.45, 7) is 5.47. The zero-order valence-electron chi connectivity index (χ0n) is 8.62. The van der Waals surface area contributed by atoms with Gasteiger partial charge < -0.3 is 4.90 Å². The average molecular weight is 212 g/mol. The van der Waals surface area contributed by atoms with Crippen LogP contribution < -0.4 is 4.90 Å². The summed E-state index contributed by atoms with van der Waals surface area (Å²) in [6.07, 6.45) is 0. The summed E-state index contributed by atoms with van der Waals surface area (Å²) >= 11 is 6.01. The zero-order valence-corrected chi connectivity index (χ0v) is 9.38. The number of anilines is 1. The van der Waals surface area contributed by atoms with Crippen molar-refractivity contribution in [3.63, 3.8) is 0 Å². The zero-order chi connectivity index (χ0) is 10.7. The molecule has 1 aromatic rings. The van der Waals surface area contributed by atoms with Gasteiger partial charge in [-0.2, -0.15) is 0 Å². The highest BCUT2D eigenvalue weighted by Crippen LogP contribution is 2.26. The molecule has 0 aromatic heterocycles. The van der Waals surface area contributed by atoms with E-state index in [1.165, 1.54) is 0 Å². The van der Waals surface area contributed by atoms with Gasteiger partial charge in [0.1, 0.15) is 0 Å². The van der Waals surface area contributed by atoms with E-state index in [0.29, 0.717) is 5.02 Å². The molecule has 0 aliphatic heterocycles. The molecule has 2 nitrogen and oxygen atoms in total. The van der Waals surface area contributed by atoms with E-state index >= 15 is 0 Å². The van der Waals surface area contributed by atoms with Crippen LogP contribution >= 0.6 is 11.6 Å². The van der Waals surface area contributed by atoms with Gasteiger partial charge in [0, 0.05) is 13.0 Å². The van der Waals surface area contributed by atoms with E-state index in [1.807, 2.05) is 32.0 Å².